The van der Waals surface area contributed by atoms with Gasteiger partial charge in [0.05, 0.1) is 10.9 Å². The van der Waals surface area contributed by atoms with Gasteiger partial charge in [-0.25, -0.2) is 9.78 Å². The van der Waals surface area contributed by atoms with E-state index in [-0.39, 0.29) is 11.5 Å². The number of piperazine rings is 1. The van der Waals surface area contributed by atoms with E-state index in [1.54, 1.807) is 4.90 Å². The molecule has 2 heterocycles. The molecule has 3 rings (SSSR count). The molecule has 0 bridgehead atoms. The Balaban J connectivity index is 1.96. The Morgan fingerprint density at radius 1 is 1.17 bits per heavy atom. The molecule has 2 aromatic rings. The minimum absolute atomic E-state index is 0.222. The number of nitrogens with zero attached hydrogens (tertiary/aromatic N) is 3. The van der Waals surface area contributed by atoms with Crippen LogP contribution < -0.4 is 10.1 Å². The highest BCUT2D eigenvalue weighted by Gasteiger charge is 2.23. The number of ether oxygens (including phenoxy) is 1. The van der Waals surface area contributed by atoms with E-state index in [9.17, 15) is 4.79 Å². The minimum Gasteiger partial charge on any atom is -0.390 e. The lowest BCUT2D eigenvalue weighted by Crippen LogP contribution is -2.47. The van der Waals surface area contributed by atoms with Gasteiger partial charge in [0.15, 0.2) is 0 Å². The number of aromatic nitrogens is 2. The van der Waals surface area contributed by atoms with Crippen LogP contribution in [0.2, 0.25) is 0 Å². The van der Waals surface area contributed by atoms with Gasteiger partial charge in [0.2, 0.25) is 5.88 Å². The van der Waals surface area contributed by atoms with E-state index in [0.29, 0.717) is 24.8 Å². The van der Waals surface area contributed by atoms with Crippen molar-refractivity contribution in [3.8, 4) is 5.88 Å². The van der Waals surface area contributed by atoms with Crippen molar-refractivity contribution in [2.24, 2.45) is 0 Å². The highest BCUT2D eigenvalue weighted by molar-refractivity contribution is 5.86. The number of carbonyl (C=O) groups excluding carboxylic acids is 1. The molecule has 1 aliphatic heterocycles. The van der Waals surface area contributed by atoms with Gasteiger partial charge in [-0.3, -0.25) is 0 Å². The summed E-state index contributed by atoms with van der Waals surface area (Å²) in [5.41, 5.74) is 0.566. The zero-order valence-electron chi connectivity index (χ0n) is 13.8. The second-order valence-electron chi connectivity index (χ2n) is 6.72. The van der Waals surface area contributed by atoms with Crippen molar-refractivity contribution < 1.29 is 9.53 Å². The molecule has 6 heteroatoms. The van der Waals surface area contributed by atoms with Crippen LogP contribution in [0, 0.1) is 0 Å². The summed E-state index contributed by atoms with van der Waals surface area (Å²) < 4.78 is 5.61. The first kappa shape index (κ1) is 15.7. The summed E-state index contributed by atoms with van der Waals surface area (Å²) in [6.07, 6.45) is -0.352. The quantitative estimate of drug-likeness (QED) is 0.875. The number of para-hydroxylation sites is 1. The molecule has 1 N–H and O–H groups in total. The lowest BCUT2D eigenvalue weighted by Gasteiger charge is -2.26. The molecular weight excluding hydrogens is 292 g/mol. The van der Waals surface area contributed by atoms with E-state index in [0.717, 1.165) is 24.0 Å². The molecule has 23 heavy (non-hydrogen) atoms. The summed E-state index contributed by atoms with van der Waals surface area (Å²) in [6.45, 7) is 8.98. The van der Waals surface area contributed by atoms with Crippen molar-refractivity contribution in [2.45, 2.75) is 26.2 Å². The summed E-state index contributed by atoms with van der Waals surface area (Å²) >= 11 is 0. The number of amides is 1. The van der Waals surface area contributed by atoms with E-state index >= 15 is 0 Å². The molecule has 0 radical (unpaired) electrons. The predicted molar refractivity (Wildman–Crippen MR) is 88.7 cm³/mol. The first-order chi connectivity index (χ1) is 10.9. The van der Waals surface area contributed by atoms with Gasteiger partial charge in [0.25, 0.3) is 0 Å². The molecule has 1 aliphatic rings. The zero-order chi connectivity index (χ0) is 16.4. The molecule has 1 aromatic heterocycles. The van der Waals surface area contributed by atoms with Crippen molar-refractivity contribution in [3.05, 3.63) is 30.1 Å². The maximum atomic E-state index is 12.4. The van der Waals surface area contributed by atoms with E-state index < -0.39 is 0 Å². The first-order valence-corrected chi connectivity index (χ1v) is 7.90. The highest BCUT2D eigenvalue weighted by Crippen LogP contribution is 2.27. The van der Waals surface area contributed by atoms with Gasteiger partial charge >= 0.3 is 6.09 Å². The molecule has 0 spiro atoms. The third kappa shape index (κ3) is 3.42. The molecule has 1 fully saturated rings. The summed E-state index contributed by atoms with van der Waals surface area (Å²) in [5.74, 6) is 1.00. The van der Waals surface area contributed by atoms with Crippen LogP contribution in [0.15, 0.2) is 24.3 Å². The predicted octanol–water partition coefficient (Wildman–Crippen LogP) is 2.33. The van der Waals surface area contributed by atoms with Crippen molar-refractivity contribution in [1.29, 1.82) is 0 Å². The van der Waals surface area contributed by atoms with Crippen LogP contribution in [0.1, 0.15) is 26.6 Å². The standard InChI is InChI=1S/C17H22N4O2/c1-17(2,3)15-19-13-7-5-4-6-12(13)14(20-15)23-16(22)21-10-8-18-9-11-21/h4-7,18H,8-11H2,1-3H3. The Hall–Kier alpha value is -2.21. The van der Waals surface area contributed by atoms with Crippen molar-refractivity contribution >= 4 is 17.0 Å². The number of rotatable bonds is 1. The Bertz CT molecular complexity index is 718. The Morgan fingerprint density at radius 2 is 1.87 bits per heavy atom. The number of hydrogen-bond acceptors (Lipinski definition) is 5. The first-order valence-electron chi connectivity index (χ1n) is 7.90. The van der Waals surface area contributed by atoms with Crippen LogP contribution in [0.25, 0.3) is 10.9 Å². The van der Waals surface area contributed by atoms with Crippen molar-refractivity contribution in [1.82, 2.24) is 20.2 Å². The fourth-order valence-electron chi connectivity index (χ4n) is 2.46. The van der Waals surface area contributed by atoms with Gasteiger partial charge in [-0.2, -0.15) is 4.98 Å². The maximum Gasteiger partial charge on any atom is 0.416 e. The zero-order valence-corrected chi connectivity index (χ0v) is 13.8. The second-order valence-corrected chi connectivity index (χ2v) is 6.72. The van der Waals surface area contributed by atoms with Crippen LogP contribution in [0.4, 0.5) is 4.79 Å². The lowest BCUT2D eigenvalue weighted by atomic mass is 9.95. The van der Waals surface area contributed by atoms with Gasteiger partial charge < -0.3 is 15.0 Å². The Labute approximate surface area is 135 Å². The van der Waals surface area contributed by atoms with Gasteiger partial charge in [-0.15, -0.1) is 0 Å². The molecule has 1 amide bonds. The van der Waals surface area contributed by atoms with E-state index in [2.05, 4.69) is 15.3 Å². The second kappa shape index (κ2) is 6.12. The number of fused-ring (bicyclic) bond motifs is 1. The summed E-state index contributed by atoms with van der Waals surface area (Å²) in [6, 6.07) is 7.60. The molecule has 122 valence electrons. The average Bonchev–Trinajstić information content (AvgIpc) is 2.54. The smallest absolute Gasteiger partial charge is 0.390 e. The number of benzene rings is 1. The van der Waals surface area contributed by atoms with Crippen LogP contribution >= 0.6 is 0 Å². The highest BCUT2D eigenvalue weighted by atomic mass is 16.6. The largest absolute Gasteiger partial charge is 0.416 e. The summed E-state index contributed by atoms with van der Waals surface area (Å²) in [7, 11) is 0. The number of hydrogen-bond donors (Lipinski definition) is 1. The SMILES string of the molecule is CC(C)(C)c1nc(OC(=O)N2CCNCC2)c2ccccc2n1. The van der Waals surface area contributed by atoms with Gasteiger partial charge in [-0.05, 0) is 12.1 Å². The molecule has 0 aliphatic carbocycles. The topological polar surface area (TPSA) is 67.3 Å². The summed E-state index contributed by atoms with van der Waals surface area (Å²) in [5, 5.41) is 3.97. The Morgan fingerprint density at radius 3 is 2.57 bits per heavy atom. The van der Waals surface area contributed by atoms with Gasteiger partial charge in [0, 0.05) is 31.6 Å². The number of nitrogens with one attached hydrogen (secondary N) is 1. The van der Waals surface area contributed by atoms with E-state index in [4.69, 9.17) is 4.74 Å². The summed E-state index contributed by atoms with van der Waals surface area (Å²) in [4.78, 5) is 23.2. The van der Waals surface area contributed by atoms with Crippen molar-refractivity contribution in [3.63, 3.8) is 0 Å². The van der Waals surface area contributed by atoms with Crippen LogP contribution in [0.5, 0.6) is 5.88 Å². The molecule has 1 aromatic carbocycles. The van der Waals surface area contributed by atoms with Gasteiger partial charge in [0.1, 0.15) is 5.82 Å². The van der Waals surface area contributed by atoms with Crippen LogP contribution in [-0.2, 0) is 5.41 Å². The minimum atomic E-state index is -0.352. The third-order valence-electron chi connectivity index (χ3n) is 3.80. The van der Waals surface area contributed by atoms with Crippen LogP contribution in [0.3, 0.4) is 0 Å². The normalized spacial score (nSPS) is 15.7. The van der Waals surface area contributed by atoms with Gasteiger partial charge in [-0.1, -0.05) is 32.9 Å². The fourth-order valence-corrected chi connectivity index (χ4v) is 2.46. The molecule has 0 atom stereocenters. The molecule has 0 unspecified atom stereocenters. The molecular formula is C17H22N4O2. The monoisotopic (exact) mass is 314 g/mol. The van der Waals surface area contributed by atoms with E-state index in [1.165, 1.54) is 0 Å². The van der Waals surface area contributed by atoms with Crippen molar-refractivity contribution in [2.75, 3.05) is 26.2 Å². The van der Waals surface area contributed by atoms with Crippen LogP contribution in [-0.4, -0.2) is 47.1 Å². The van der Waals surface area contributed by atoms with E-state index in [1.807, 2.05) is 45.0 Å². The Kier molecular flexibility index (Phi) is 4.17. The lowest BCUT2D eigenvalue weighted by molar-refractivity contribution is 0.144. The number of carbonyl (C=O) groups is 1. The molecule has 0 saturated carbocycles. The third-order valence-corrected chi connectivity index (χ3v) is 3.80. The fraction of sp³-hybridized carbons (Fsp3) is 0.471. The molecule has 6 nitrogen and oxygen atoms in total. The average molecular weight is 314 g/mol. The maximum absolute atomic E-state index is 12.4. The molecule has 1 saturated heterocycles.